The first kappa shape index (κ1) is 21.1. The van der Waals surface area contributed by atoms with E-state index in [9.17, 15) is 14.4 Å². The zero-order valence-electron chi connectivity index (χ0n) is 18.2. The third kappa shape index (κ3) is 3.71. The molecule has 1 N–H and O–H groups in total. The van der Waals surface area contributed by atoms with Crippen molar-refractivity contribution in [2.45, 2.75) is 58.5 Å². The van der Waals surface area contributed by atoms with Crippen molar-refractivity contribution in [1.82, 2.24) is 15.4 Å². The monoisotopic (exact) mass is 424 g/mol. The van der Waals surface area contributed by atoms with E-state index in [-0.39, 0.29) is 30.8 Å². The van der Waals surface area contributed by atoms with Crippen LogP contribution in [0.3, 0.4) is 0 Å². The summed E-state index contributed by atoms with van der Waals surface area (Å²) in [4.78, 5) is 42.0. The number of aromatic nitrogens is 1. The minimum Gasteiger partial charge on any atom is -0.361 e. The Balaban J connectivity index is 1.59. The molecule has 1 spiro atoms. The second kappa shape index (κ2) is 8.17. The number of benzene rings is 1. The van der Waals surface area contributed by atoms with Crippen LogP contribution in [0.5, 0.6) is 0 Å². The molecule has 4 amide bonds. The molecule has 1 aromatic carbocycles. The van der Waals surface area contributed by atoms with Gasteiger partial charge in [0.25, 0.3) is 5.91 Å². The Hall–Kier alpha value is -3.16. The molecule has 0 radical (unpaired) electrons. The van der Waals surface area contributed by atoms with Gasteiger partial charge in [-0.15, -0.1) is 0 Å². The van der Waals surface area contributed by atoms with Crippen LogP contribution in [-0.2, 0) is 16.1 Å². The summed E-state index contributed by atoms with van der Waals surface area (Å²) in [5.74, 6) is 0.0557. The predicted molar refractivity (Wildman–Crippen MR) is 114 cm³/mol. The first-order chi connectivity index (χ1) is 14.8. The van der Waals surface area contributed by atoms with Crippen molar-refractivity contribution in [3.8, 4) is 0 Å². The summed E-state index contributed by atoms with van der Waals surface area (Å²) in [6.45, 7) is 5.56. The van der Waals surface area contributed by atoms with Crippen molar-refractivity contribution >= 4 is 23.5 Å². The van der Waals surface area contributed by atoms with Crippen molar-refractivity contribution in [1.29, 1.82) is 0 Å². The summed E-state index contributed by atoms with van der Waals surface area (Å²) >= 11 is 0. The third-order valence-corrected chi connectivity index (χ3v) is 6.66. The number of imide groups is 1. The third-order valence-electron chi connectivity index (χ3n) is 6.66. The lowest BCUT2D eigenvalue weighted by Crippen LogP contribution is -2.54. The highest BCUT2D eigenvalue weighted by Gasteiger charge is 2.55. The first-order valence-corrected chi connectivity index (χ1v) is 10.7. The van der Waals surface area contributed by atoms with Gasteiger partial charge in [-0.25, -0.2) is 4.79 Å². The number of para-hydroxylation sites is 1. The molecule has 8 heteroatoms. The Morgan fingerprint density at radius 3 is 2.65 bits per heavy atom. The number of hydrogen-bond donors (Lipinski definition) is 1. The van der Waals surface area contributed by atoms with Crippen molar-refractivity contribution in [3.05, 3.63) is 47.3 Å². The largest absolute Gasteiger partial charge is 0.361 e. The maximum absolute atomic E-state index is 13.4. The van der Waals surface area contributed by atoms with E-state index >= 15 is 0 Å². The average molecular weight is 425 g/mol. The van der Waals surface area contributed by atoms with E-state index in [0.717, 1.165) is 29.7 Å². The lowest BCUT2D eigenvalue weighted by atomic mass is 9.73. The predicted octanol–water partition coefficient (Wildman–Crippen LogP) is 3.33. The molecule has 2 aromatic rings. The fraction of sp³-hybridized carbons (Fsp3) is 0.478. The van der Waals surface area contributed by atoms with Gasteiger partial charge >= 0.3 is 6.03 Å². The number of amides is 4. The van der Waals surface area contributed by atoms with Crippen LogP contribution in [-0.4, -0.2) is 40.0 Å². The number of nitrogens with zero attached hydrogens (tertiary/aromatic N) is 3. The minimum atomic E-state index is -0.880. The van der Waals surface area contributed by atoms with Crippen LogP contribution in [0.2, 0.25) is 0 Å². The van der Waals surface area contributed by atoms with Gasteiger partial charge in [0.15, 0.2) is 0 Å². The van der Waals surface area contributed by atoms with E-state index in [1.54, 1.807) is 11.8 Å². The number of nitrogens with one attached hydrogen (secondary N) is 1. The van der Waals surface area contributed by atoms with E-state index in [1.165, 1.54) is 0 Å². The van der Waals surface area contributed by atoms with Gasteiger partial charge in [0.1, 0.15) is 17.8 Å². The molecule has 2 heterocycles. The Bertz CT molecular complexity index is 983. The van der Waals surface area contributed by atoms with Crippen LogP contribution in [0.4, 0.5) is 10.5 Å². The molecule has 8 nitrogen and oxygen atoms in total. The molecule has 2 aliphatic rings. The second-order valence-corrected chi connectivity index (χ2v) is 8.56. The molecule has 1 aliphatic carbocycles. The maximum atomic E-state index is 13.4. The Morgan fingerprint density at radius 1 is 1.26 bits per heavy atom. The Labute approximate surface area is 181 Å². The highest BCUT2D eigenvalue weighted by Crippen LogP contribution is 2.38. The number of hydrogen-bond acceptors (Lipinski definition) is 5. The molecule has 1 aromatic heterocycles. The smallest absolute Gasteiger partial charge is 0.325 e. The Kier molecular flexibility index (Phi) is 5.56. The lowest BCUT2D eigenvalue weighted by molar-refractivity contribution is -0.136. The van der Waals surface area contributed by atoms with Crippen LogP contribution in [0, 0.1) is 19.8 Å². The van der Waals surface area contributed by atoms with Crippen LogP contribution >= 0.6 is 0 Å². The summed E-state index contributed by atoms with van der Waals surface area (Å²) in [5, 5.41) is 6.88. The summed E-state index contributed by atoms with van der Waals surface area (Å²) in [6, 6.07) is 8.72. The van der Waals surface area contributed by atoms with Crippen LogP contribution < -0.4 is 10.2 Å². The van der Waals surface area contributed by atoms with Crippen molar-refractivity contribution in [2.24, 2.45) is 5.92 Å². The fourth-order valence-corrected chi connectivity index (χ4v) is 4.68. The summed E-state index contributed by atoms with van der Waals surface area (Å²) in [5.41, 5.74) is 1.32. The number of anilines is 1. The number of rotatable bonds is 5. The zero-order chi connectivity index (χ0) is 22.2. The molecule has 0 bridgehead atoms. The van der Waals surface area contributed by atoms with Gasteiger partial charge in [-0.05, 0) is 44.7 Å². The van der Waals surface area contributed by atoms with E-state index in [1.807, 2.05) is 44.2 Å². The lowest BCUT2D eigenvalue weighted by Gasteiger charge is -2.36. The highest BCUT2D eigenvalue weighted by atomic mass is 16.5. The van der Waals surface area contributed by atoms with Crippen LogP contribution in [0.1, 0.15) is 49.6 Å². The normalized spacial score (nSPS) is 23.3. The minimum absolute atomic E-state index is 0.0466. The van der Waals surface area contributed by atoms with Gasteiger partial charge in [-0.2, -0.15) is 0 Å². The molecule has 2 atom stereocenters. The zero-order valence-corrected chi connectivity index (χ0v) is 18.2. The van der Waals surface area contributed by atoms with E-state index in [0.29, 0.717) is 23.6 Å². The van der Waals surface area contributed by atoms with Gasteiger partial charge in [0, 0.05) is 11.3 Å². The van der Waals surface area contributed by atoms with Crippen LogP contribution in [0.25, 0.3) is 0 Å². The molecular weight excluding hydrogens is 396 g/mol. The average Bonchev–Trinajstić information content (AvgIpc) is 3.20. The topological polar surface area (TPSA) is 95.8 Å². The van der Waals surface area contributed by atoms with Gasteiger partial charge in [-0.1, -0.05) is 43.1 Å². The quantitative estimate of drug-likeness (QED) is 0.743. The molecular formula is C23H28N4O4. The van der Waals surface area contributed by atoms with E-state index in [4.69, 9.17) is 4.52 Å². The molecule has 164 valence electrons. The number of urea groups is 1. The number of carbonyl (C=O) groups excluding carboxylic acids is 3. The standard InChI is InChI=1S/C23H28N4O4/c1-15-9-7-8-12-23(15)21(29)27(22(30)24-23)14-20(28)26(18-10-5-4-6-11-18)13-19-16(2)25-31-17(19)3/h4-6,10-11,15H,7-9,12-14H2,1-3H3,(H,24,30). The SMILES string of the molecule is Cc1noc(C)c1CN(C(=O)CN1C(=O)NC2(CCCCC2C)C1=O)c1ccccc1. The second-order valence-electron chi connectivity index (χ2n) is 8.56. The summed E-state index contributed by atoms with van der Waals surface area (Å²) in [6.07, 6.45) is 3.44. The van der Waals surface area contributed by atoms with Crippen molar-refractivity contribution in [2.75, 3.05) is 11.4 Å². The molecule has 1 saturated heterocycles. The first-order valence-electron chi connectivity index (χ1n) is 10.7. The molecule has 1 saturated carbocycles. The Morgan fingerprint density at radius 2 is 2.00 bits per heavy atom. The van der Waals surface area contributed by atoms with Gasteiger partial charge in [0.05, 0.1) is 12.2 Å². The summed E-state index contributed by atoms with van der Waals surface area (Å²) in [7, 11) is 0. The molecule has 2 unspecified atom stereocenters. The van der Waals surface area contributed by atoms with Gasteiger partial charge in [-0.3, -0.25) is 14.5 Å². The van der Waals surface area contributed by atoms with E-state index in [2.05, 4.69) is 10.5 Å². The molecule has 2 fully saturated rings. The van der Waals surface area contributed by atoms with Crippen molar-refractivity contribution < 1.29 is 18.9 Å². The fourth-order valence-electron chi connectivity index (χ4n) is 4.68. The van der Waals surface area contributed by atoms with Crippen molar-refractivity contribution in [3.63, 3.8) is 0 Å². The molecule has 31 heavy (non-hydrogen) atoms. The number of carbonyl (C=O) groups is 3. The summed E-state index contributed by atoms with van der Waals surface area (Å²) < 4.78 is 5.25. The highest BCUT2D eigenvalue weighted by molar-refractivity contribution is 6.10. The van der Waals surface area contributed by atoms with E-state index < -0.39 is 11.6 Å². The maximum Gasteiger partial charge on any atom is 0.325 e. The van der Waals surface area contributed by atoms with Crippen LogP contribution in [0.15, 0.2) is 34.9 Å². The number of aryl methyl sites for hydroxylation is 2. The van der Waals surface area contributed by atoms with Gasteiger partial charge in [0.2, 0.25) is 5.91 Å². The molecule has 1 aliphatic heterocycles. The van der Waals surface area contributed by atoms with Gasteiger partial charge < -0.3 is 14.7 Å². The molecule has 4 rings (SSSR count).